The van der Waals surface area contributed by atoms with Crippen molar-refractivity contribution in [1.82, 2.24) is 5.32 Å². The zero-order valence-corrected chi connectivity index (χ0v) is 13.3. The second-order valence-corrected chi connectivity index (χ2v) is 4.17. The van der Waals surface area contributed by atoms with E-state index >= 15 is 0 Å². The maximum atomic E-state index is 11.9. The number of hydrogen-bond acceptors (Lipinski definition) is 3. The number of nitrogens with zero attached hydrogens (tertiary/aromatic N) is 1. The van der Waals surface area contributed by atoms with E-state index in [0.29, 0.717) is 12.8 Å². The number of allylic oxidation sites excluding steroid dienone is 2. The van der Waals surface area contributed by atoms with Crippen molar-refractivity contribution in [3.8, 4) is 0 Å². The van der Waals surface area contributed by atoms with E-state index in [1.54, 1.807) is 0 Å². The maximum absolute atomic E-state index is 11.9. The van der Waals surface area contributed by atoms with E-state index in [9.17, 15) is 9.59 Å². The van der Waals surface area contributed by atoms with Crippen LogP contribution in [0.5, 0.6) is 0 Å². The second-order valence-electron chi connectivity index (χ2n) is 3.78. The molecule has 0 fully saturated rings. The first kappa shape index (κ1) is 16.8. The number of hydrogen-bond donors (Lipinski definition) is 1. The zero-order chi connectivity index (χ0) is 12.2. The van der Waals surface area contributed by atoms with Crippen molar-refractivity contribution in [3.63, 3.8) is 0 Å². The standard InChI is InChI=1S/C11H16N2O2S.Na/c1-3-5-7-11(6-4-2)8(14)12-10(16)13-9(11)15;/h3,5H,4,6-7H2,1-2H3,(H2,12,13,14,15,16);/q;+1/p-1. The van der Waals surface area contributed by atoms with Crippen molar-refractivity contribution in [2.75, 3.05) is 0 Å². The van der Waals surface area contributed by atoms with Crippen molar-refractivity contribution < 1.29 is 39.1 Å². The Morgan fingerprint density at radius 2 is 2.12 bits per heavy atom. The molecule has 0 aromatic heterocycles. The minimum Gasteiger partial charge on any atom is -0.742 e. The van der Waals surface area contributed by atoms with E-state index in [1.807, 2.05) is 26.0 Å². The van der Waals surface area contributed by atoms with Gasteiger partial charge in [0, 0.05) is 0 Å². The predicted octanol–water partition coefficient (Wildman–Crippen LogP) is -1.70. The van der Waals surface area contributed by atoms with Crippen LogP contribution in [0.25, 0.3) is 0 Å². The number of carbonyl (C=O) groups is 2. The fourth-order valence-corrected chi connectivity index (χ4v) is 1.97. The Morgan fingerprint density at radius 1 is 1.47 bits per heavy atom. The van der Waals surface area contributed by atoms with Crippen LogP contribution in [-0.2, 0) is 22.2 Å². The van der Waals surface area contributed by atoms with Crippen molar-refractivity contribution in [2.45, 2.75) is 33.1 Å². The smallest absolute Gasteiger partial charge is 0.742 e. The molecule has 1 heterocycles. The Kier molecular flexibility index (Phi) is 7.16. The normalized spacial score (nSPS) is 24.2. The first-order chi connectivity index (χ1) is 7.56. The summed E-state index contributed by atoms with van der Waals surface area (Å²) < 4.78 is 0. The molecule has 0 saturated heterocycles. The minimum atomic E-state index is -1.05. The molecule has 0 aliphatic carbocycles. The van der Waals surface area contributed by atoms with Crippen molar-refractivity contribution in [2.24, 2.45) is 10.4 Å². The largest absolute Gasteiger partial charge is 1.00 e. The first-order valence-electron chi connectivity index (χ1n) is 5.29. The monoisotopic (exact) mass is 262 g/mol. The van der Waals surface area contributed by atoms with Crippen LogP contribution in [0, 0.1) is 5.41 Å². The summed E-state index contributed by atoms with van der Waals surface area (Å²) in [5, 5.41) is 2.44. The van der Waals surface area contributed by atoms with Gasteiger partial charge in [0.2, 0.25) is 5.91 Å². The van der Waals surface area contributed by atoms with Crippen LogP contribution in [0.1, 0.15) is 33.1 Å². The van der Waals surface area contributed by atoms with Gasteiger partial charge in [0.05, 0.1) is 0 Å². The fourth-order valence-electron chi connectivity index (χ4n) is 1.79. The van der Waals surface area contributed by atoms with Gasteiger partial charge in [-0.2, -0.15) is 0 Å². The summed E-state index contributed by atoms with van der Waals surface area (Å²) in [4.78, 5) is 27.5. The van der Waals surface area contributed by atoms with Gasteiger partial charge in [-0.05, 0) is 24.9 Å². The summed E-state index contributed by atoms with van der Waals surface area (Å²) in [5.41, 5.74) is -1.05. The van der Waals surface area contributed by atoms with E-state index in [4.69, 9.17) is 12.6 Å². The topological polar surface area (TPSA) is 58.5 Å². The summed E-state index contributed by atoms with van der Waals surface area (Å²) >= 11 is 4.72. The zero-order valence-electron chi connectivity index (χ0n) is 10.4. The molecule has 0 aromatic carbocycles. The van der Waals surface area contributed by atoms with Crippen LogP contribution >= 0.6 is 0 Å². The van der Waals surface area contributed by atoms with E-state index in [0.717, 1.165) is 6.42 Å². The van der Waals surface area contributed by atoms with Crippen LogP contribution in [0.4, 0.5) is 0 Å². The van der Waals surface area contributed by atoms with Gasteiger partial charge >= 0.3 is 29.6 Å². The molecular weight excluding hydrogens is 247 g/mol. The molecule has 1 atom stereocenters. The van der Waals surface area contributed by atoms with Gasteiger partial charge in [0.25, 0.3) is 5.91 Å². The molecule has 17 heavy (non-hydrogen) atoms. The van der Waals surface area contributed by atoms with Gasteiger partial charge in [-0.1, -0.05) is 25.5 Å². The quantitative estimate of drug-likeness (QED) is 0.284. The average Bonchev–Trinajstić information content (AvgIpc) is 2.22. The molecule has 1 aliphatic heterocycles. The third-order valence-electron chi connectivity index (χ3n) is 2.65. The van der Waals surface area contributed by atoms with Gasteiger partial charge in [0.15, 0.2) is 0 Å². The maximum Gasteiger partial charge on any atom is 1.00 e. The molecule has 1 unspecified atom stereocenters. The van der Waals surface area contributed by atoms with E-state index in [-0.39, 0.29) is 40.6 Å². The van der Waals surface area contributed by atoms with Crippen LogP contribution in [-0.4, -0.2) is 17.0 Å². The van der Waals surface area contributed by atoms with Crippen molar-refractivity contribution in [1.29, 1.82) is 0 Å². The van der Waals surface area contributed by atoms with Crippen molar-refractivity contribution in [3.05, 3.63) is 12.2 Å². The van der Waals surface area contributed by atoms with Crippen LogP contribution in [0.2, 0.25) is 0 Å². The number of rotatable bonds is 4. The van der Waals surface area contributed by atoms with Crippen LogP contribution in [0.3, 0.4) is 0 Å². The van der Waals surface area contributed by atoms with Crippen LogP contribution < -0.4 is 34.9 Å². The molecule has 88 valence electrons. The summed E-state index contributed by atoms with van der Waals surface area (Å²) in [6.07, 6.45) is 5.27. The Hall–Kier alpha value is -0.230. The predicted molar refractivity (Wildman–Crippen MR) is 64.7 cm³/mol. The third-order valence-corrected chi connectivity index (χ3v) is 2.84. The molecular formula is C11H15N2NaO2S. The summed E-state index contributed by atoms with van der Waals surface area (Å²) in [6.45, 7) is 3.79. The minimum absolute atomic E-state index is 0. The molecule has 0 aromatic rings. The van der Waals surface area contributed by atoms with Crippen molar-refractivity contribution >= 4 is 29.6 Å². The molecule has 0 radical (unpaired) electrons. The van der Waals surface area contributed by atoms with E-state index in [2.05, 4.69) is 10.3 Å². The Balaban J connectivity index is 0.00000256. The van der Waals surface area contributed by atoms with Gasteiger partial charge in [0.1, 0.15) is 5.41 Å². The fraction of sp³-hybridized carbons (Fsp3) is 0.545. The van der Waals surface area contributed by atoms with Gasteiger partial charge in [-0.25, -0.2) is 4.99 Å². The number of aliphatic imine (C=N–C) groups is 1. The molecule has 1 rings (SSSR count). The molecule has 0 bridgehead atoms. The summed E-state index contributed by atoms with van der Waals surface area (Å²) in [7, 11) is 0. The third kappa shape index (κ3) is 3.61. The number of nitrogens with one attached hydrogen (secondary N) is 1. The molecule has 6 heteroatoms. The molecule has 1 N–H and O–H groups in total. The molecule has 0 spiro atoms. The summed E-state index contributed by atoms with van der Waals surface area (Å²) in [6, 6.07) is 0. The van der Waals surface area contributed by atoms with Gasteiger partial charge in [-0.3, -0.25) is 9.59 Å². The summed E-state index contributed by atoms with van der Waals surface area (Å²) in [5.74, 6) is -0.737. The Labute approximate surface area is 129 Å². The molecule has 4 nitrogen and oxygen atoms in total. The van der Waals surface area contributed by atoms with Crippen LogP contribution in [0.15, 0.2) is 17.1 Å². The number of amidine groups is 1. The molecule has 1 aliphatic rings. The Morgan fingerprint density at radius 3 is 2.59 bits per heavy atom. The SMILES string of the molecule is CC=CCC1(CCC)C(=O)N=C([S-])NC1=O.[Na+]. The Bertz CT molecular complexity index is 368. The number of carbonyl (C=O) groups excluding carboxylic acids is 2. The van der Waals surface area contributed by atoms with E-state index in [1.165, 1.54) is 0 Å². The van der Waals surface area contributed by atoms with Gasteiger partial charge in [-0.15, -0.1) is 0 Å². The van der Waals surface area contributed by atoms with Gasteiger partial charge < -0.3 is 17.9 Å². The number of amides is 2. The second kappa shape index (κ2) is 7.26. The molecule has 2 amide bonds. The first-order valence-corrected chi connectivity index (χ1v) is 5.70. The molecule has 0 saturated carbocycles. The average molecular weight is 262 g/mol. The van der Waals surface area contributed by atoms with E-state index < -0.39 is 11.3 Å².